The summed E-state index contributed by atoms with van der Waals surface area (Å²) >= 11 is 1.58. The van der Waals surface area contributed by atoms with Gasteiger partial charge >= 0.3 is 0 Å². The molecule has 0 radical (unpaired) electrons. The molecule has 0 fully saturated rings. The first kappa shape index (κ1) is 14.4. The van der Waals surface area contributed by atoms with Crippen LogP contribution in [-0.4, -0.2) is 45.4 Å². The molecule has 0 bridgehead atoms. The van der Waals surface area contributed by atoms with Gasteiger partial charge in [0.25, 0.3) is 0 Å². The Morgan fingerprint density at radius 1 is 1.74 bits per heavy atom. The Kier molecular flexibility index (Phi) is 4.87. The molecule has 2 rings (SSSR count). The number of nitrogens with one attached hydrogen (secondary N) is 2. The number of aryl methyl sites for hydroxylation is 1. The van der Waals surface area contributed by atoms with Crippen LogP contribution in [0.2, 0.25) is 0 Å². The van der Waals surface area contributed by atoms with Crippen molar-refractivity contribution in [3.8, 4) is 0 Å². The van der Waals surface area contributed by atoms with Crippen LogP contribution in [0.4, 0.5) is 0 Å². The molecule has 1 aliphatic carbocycles. The lowest BCUT2D eigenvalue weighted by molar-refractivity contribution is -0.126. The summed E-state index contributed by atoms with van der Waals surface area (Å²) in [7, 11) is 0. The molecular weight excluding hydrogens is 262 g/mol. The number of carbonyl (C=O) groups excluding carboxylic acids is 1. The Labute approximate surface area is 117 Å². The number of aliphatic hydroxyl groups excluding tert-OH is 1. The molecule has 3 N–H and O–H groups in total. The van der Waals surface area contributed by atoms with Gasteiger partial charge in [-0.3, -0.25) is 9.89 Å². The van der Waals surface area contributed by atoms with E-state index in [0.717, 1.165) is 25.0 Å². The summed E-state index contributed by atoms with van der Waals surface area (Å²) in [5.74, 6) is 0.0943. The third kappa shape index (κ3) is 3.30. The maximum Gasteiger partial charge on any atom is 0.223 e. The molecular formula is C13H21N3O2S. The summed E-state index contributed by atoms with van der Waals surface area (Å²) in [6.07, 6.45) is 6.30. The largest absolute Gasteiger partial charge is 0.395 e. The zero-order chi connectivity index (χ0) is 13.8. The second-order valence-electron chi connectivity index (χ2n) is 5.07. The van der Waals surface area contributed by atoms with Gasteiger partial charge in [-0.15, -0.1) is 0 Å². The van der Waals surface area contributed by atoms with Gasteiger partial charge in [0.2, 0.25) is 5.91 Å². The summed E-state index contributed by atoms with van der Waals surface area (Å²) in [4.78, 5) is 12.2. The van der Waals surface area contributed by atoms with Crippen molar-refractivity contribution in [2.24, 2.45) is 5.92 Å². The molecule has 0 aliphatic heterocycles. The van der Waals surface area contributed by atoms with Crippen molar-refractivity contribution in [2.75, 3.05) is 12.9 Å². The van der Waals surface area contributed by atoms with Crippen molar-refractivity contribution in [1.82, 2.24) is 15.5 Å². The topological polar surface area (TPSA) is 78.0 Å². The van der Waals surface area contributed by atoms with E-state index in [0.29, 0.717) is 0 Å². The number of aromatic amines is 1. The molecule has 0 aromatic carbocycles. The second-order valence-corrected chi connectivity index (χ2v) is 6.14. The lowest BCUT2D eigenvalue weighted by Gasteiger charge is -2.26. The van der Waals surface area contributed by atoms with Crippen LogP contribution in [0.5, 0.6) is 0 Å². The summed E-state index contributed by atoms with van der Waals surface area (Å²) in [6, 6.07) is -0.0179. The quantitative estimate of drug-likeness (QED) is 0.745. The van der Waals surface area contributed by atoms with Gasteiger partial charge in [0, 0.05) is 29.3 Å². The van der Waals surface area contributed by atoms with Crippen molar-refractivity contribution in [3.05, 3.63) is 17.5 Å². The van der Waals surface area contributed by atoms with Gasteiger partial charge in [-0.1, -0.05) is 0 Å². The van der Waals surface area contributed by atoms with Crippen molar-refractivity contribution in [3.63, 3.8) is 0 Å². The van der Waals surface area contributed by atoms with Crippen LogP contribution in [0.3, 0.4) is 0 Å². The van der Waals surface area contributed by atoms with Crippen molar-refractivity contribution in [1.29, 1.82) is 0 Å². The summed E-state index contributed by atoms with van der Waals surface area (Å²) in [5, 5.41) is 19.3. The highest BCUT2D eigenvalue weighted by Gasteiger charge is 2.27. The summed E-state index contributed by atoms with van der Waals surface area (Å²) in [5.41, 5.74) is 2.32. The predicted octanol–water partition coefficient (Wildman–Crippen LogP) is 0.743. The van der Waals surface area contributed by atoms with Crippen LogP contribution in [0.15, 0.2) is 6.20 Å². The van der Waals surface area contributed by atoms with E-state index in [1.807, 2.05) is 19.4 Å². The first-order valence-corrected chi connectivity index (χ1v) is 7.89. The summed E-state index contributed by atoms with van der Waals surface area (Å²) in [6.45, 7) is 2.03. The fourth-order valence-electron chi connectivity index (χ4n) is 2.50. The molecule has 106 valence electrons. The third-order valence-corrected chi connectivity index (χ3v) is 4.96. The number of hydrogen-bond donors (Lipinski definition) is 3. The standard InChI is InChI=1S/C13H21N3O2S/c1-8(12(7-17)19-2)15-13(18)9-3-4-10-6-14-16-11(10)5-9/h6,8-9,12,17H,3-5,7H2,1-2H3,(H,14,16)(H,15,18). The maximum absolute atomic E-state index is 12.2. The number of amides is 1. The highest BCUT2D eigenvalue weighted by molar-refractivity contribution is 7.99. The minimum absolute atomic E-state index is 0.0107. The minimum Gasteiger partial charge on any atom is -0.395 e. The Morgan fingerprint density at radius 2 is 2.53 bits per heavy atom. The number of thioether (sulfide) groups is 1. The van der Waals surface area contributed by atoms with E-state index in [1.54, 1.807) is 11.8 Å². The molecule has 3 unspecified atom stereocenters. The number of aromatic nitrogens is 2. The van der Waals surface area contributed by atoms with E-state index in [2.05, 4.69) is 15.5 Å². The van der Waals surface area contributed by atoms with E-state index >= 15 is 0 Å². The van der Waals surface area contributed by atoms with Crippen molar-refractivity contribution < 1.29 is 9.90 Å². The zero-order valence-corrected chi connectivity index (χ0v) is 12.2. The Morgan fingerprint density at radius 3 is 3.21 bits per heavy atom. The van der Waals surface area contributed by atoms with E-state index in [-0.39, 0.29) is 29.7 Å². The lowest BCUT2D eigenvalue weighted by Crippen LogP contribution is -2.45. The Balaban J connectivity index is 1.91. The molecule has 0 saturated carbocycles. The molecule has 3 atom stereocenters. The predicted molar refractivity (Wildman–Crippen MR) is 76.1 cm³/mol. The number of aliphatic hydroxyl groups is 1. The SMILES string of the molecule is CSC(CO)C(C)NC(=O)C1CCc2cn[nH]c2C1. The van der Waals surface area contributed by atoms with E-state index in [4.69, 9.17) is 0 Å². The zero-order valence-electron chi connectivity index (χ0n) is 11.3. The Bertz CT molecular complexity index is 431. The van der Waals surface area contributed by atoms with Gasteiger partial charge in [0.1, 0.15) is 0 Å². The Hall–Kier alpha value is -1.01. The average molecular weight is 283 g/mol. The van der Waals surface area contributed by atoms with Crippen LogP contribution in [0, 0.1) is 5.92 Å². The molecule has 1 amide bonds. The number of carbonyl (C=O) groups is 1. The molecule has 6 heteroatoms. The van der Waals surface area contributed by atoms with Gasteiger partial charge in [0.05, 0.1) is 12.8 Å². The van der Waals surface area contributed by atoms with Gasteiger partial charge in [-0.05, 0) is 31.6 Å². The van der Waals surface area contributed by atoms with Crippen molar-refractivity contribution in [2.45, 2.75) is 37.5 Å². The maximum atomic E-state index is 12.2. The molecule has 1 aromatic rings. The van der Waals surface area contributed by atoms with Crippen LogP contribution in [0.1, 0.15) is 24.6 Å². The second kappa shape index (κ2) is 6.43. The molecule has 0 spiro atoms. The molecule has 0 saturated heterocycles. The molecule has 5 nitrogen and oxygen atoms in total. The molecule has 1 aromatic heterocycles. The van der Waals surface area contributed by atoms with Gasteiger partial charge < -0.3 is 10.4 Å². The number of hydrogen-bond acceptors (Lipinski definition) is 4. The molecule has 1 heterocycles. The fraction of sp³-hybridized carbons (Fsp3) is 0.692. The third-order valence-electron chi connectivity index (χ3n) is 3.80. The van der Waals surface area contributed by atoms with Gasteiger partial charge in [-0.2, -0.15) is 16.9 Å². The minimum atomic E-state index is -0.0179. The molecule has 1 aliphatic rings. The fourth-order valence-corrected chi connectivity index (χ4v) is 3.13. The van der Waals surface area contributed by atoms with E-state index in [9.17, 15) is 9.90 Å². The number of nitrogens with zero attached hydrogens (tertiary/aromatic N) is 1. The first-order chi connectivity index (χ1) is 9.15. The van der Waals surface area contributed by atoms with Crippen LogP contribution in [-0.2, 0) is 17.6 Å². The van der Waals surface area contributed by atoms with Crippen LogP contribution < -0.4 is 5.32 Å². The van der Waals surface area contributed by atoms with Crippen LogP contribution >= 0.6 is 11.8 Å². The smallest absolute Gasteiger partial charge is 0.223 e. The highest BCUT2D eigenvalue weighted by Crippen LogP contribution is 2.24. The van der Waals surface area contributed by atoms with Crippen molar-refractivity contribution >= 4 is 17.7 Å². The van der Waals surface area contributed by atoms with E-state index < -0.39 is 0 Å². The van der Waals surface area contributed by atoms with Gasteiger partial charge in [-0.25, -0.2) is 0 Å². The van der Waals surface area contributed by atoms with Crippen LogP contribution in [0.25, 0.3) is 0 Å². The average Bonchev–Trinajstić information content (AvgIpc) is 2.87. The molecule has 19 heavy (non-hydrogen) atoms. The monoisotopic (exact) mass is 283 g/mol. The number of fused-ring (bicyclic) bond motifs is 1. The number of H-pyrrole nitrogens is 1. The van der Waals surface area contributed by atoms with E-state index in [1.165, 1.54) is 5.56 Å². The first-order valence-electron chi connectivity index (χ1n) is 6.60. The highest BCUT2D eigenvalue weighted by atomic mass is 32.2. The number of rotatable bonds is 5. The van der Waals surface area contributed by atoms with Gasteiger partial charge in [0.15, 0.2) is 0 Å². The summed E-state index contributed by atoms with van der Waals surface area (Å²) < 4.78 is 0. The lowest BCUT2D eigenvalue weighted by atomic mass is 9.87. The normalized spacial score (nSPS) is 21.5.